The maximum absolute atomic E-state index is 5.69. The molecule has 0 aliphatic heterocycles. The lowest BCUT2D eigenvalue weighted by atomic mass is 10.0. The fourth-order valence-electron chi connectivity index (χ4n) is 1.35. The van der Waals surface area contributed by atoms with Crippen molar-refractivity contribution in [3.8, 4) is 0 Å². The maximum atomic E-state index is 5.69. The quantitative estimate of drug-likeness (QED) is 0.808. The molecule has 15 heavy (non-hydrogen) atoms. The van der Waals surface area contributed by atoms with Crippen LogP contribution in [0.3, 0.4) is 0 Å². The van der Waals surface area contributed by atoms with E-state index in [1.54, 1.807) is 12.4 Å². The summed E-state index contributed by atoms with van der Waals surface area (Å²) in [5, 5.41) is 3.72. The van der Waals surface area contributed by atoms with E-state index in [2.05, 4.69) is 29.1 Å². The highest BCUT2D eigenvalue weighted by molar-refractivity contribution is 6.30. The molecule has 1 rings (SSSR count). The number of anilines is 1. The van der Waals surface area contributed by atoms with Crippen LogP contribution >= 0.6 is 11.6 Å². The normalized spacial score (nSPS) is 12.9. The molecule has 4 nitrogen and oxygen atoms in total. The van der Waals surface area contributed by atoms with E-state index in [-0.39, 0.29) is 6.04 Å². The third kappa shape index (κ3) is 4.44. The molecule has 0 saturated heterocycles. The molecule has 1 heterocycles. The monoisotopic (exact) mass is 228 g/mol. The lowest BCUT2D eigenvalue weighted by Crippen LogP contribution is -2.31. The summed E-state index contributed by atoms with van der Waals surface area (Å²) in [6, 6.07) is 0.214. The molecule has 1 aromatic rings. The predicted octanol–water partition coefficient (Wildman–Crippen LogP) is 1.92. The van der Waals surface area contributed by atoms with Gasteiger partial charge in [-0.25, -0.2) is 9.97 Å². The van der Waals surface area contributed by atoms with E-state index in [0.29, 0.717) is 23.4 Å². The summed E-state index contributed by atoms with van der Waals surface area (Å²) in [5.41, 5.74) is 5.65. The Morgan fingerprint density at radius 3 is 2.47 bits per heavy atom. The van der Waals surface area contributed by atoms with Gasteiger partial charge in [0.1, 0.15) is 0 Å². The zero-order chi connectivity index (χ0) is 11.3. The van der Waals surface area contributed by atoms with Crippen molar-refractivity contribution in [2.75, 3.05) is 11.9 Å². The van der Waals surface area contributed by atoms with Crippen LogP contribution < -0.4 is 11.1 Å². The highest BCUT2D eigenvalue weighted by Crippen LogP contribution is 2.10. The van der Waals surface area contributed by atoms with E-state index < -0.39 is 0 Å². The van der Waals surface area contributed by atoms with Crippen LogP contribution in [0.2, 0.25) is 5.02 Å². The van der Waals surface area contributed by atoms with Crippen LogP contribution in [-0.2, 0) is 0 Å². The van der Waals surface area contributed by atoms with Crippen LogP contribution in [0.1, 0.15) is 20.3 Å². The molecule has 3 N–H and O–H groups in total. The van der Waals surface area contributed by atoms with Gasteiger partial charge in [-0.05, 0) is 12.3 Å². The number of aromatic nitrogens is 2. The van der Waals surface area contributed by atoms with Gasteiger partial charge >= 0.3 is 0 Å². The van der Waals surface area contributed by atoms with Gasteiger partial charge in [-0.1, -0.05) is 25.4 Å². The molecule has 0 aliphatic carbocycles. The predicted molar refractivity (Wildman–Crippen MR) is 63.0 cm³/mol. The summed E-state index contributed by atoms with van der Waals surface area (Å²) in [4.78, 5) is 8.13. The standard InChI is InChI=1S/C10H17ClN4/c1-7(2)3-9(4-12)15-10-13-5-8(11)6-14-10/h5-7,9H,3-4,12H2,1-2H3,(H,13,14,15). The van der Waals surface area contributed by atoms with Crippen LogP contribution in [-0.4, -0.2) is 22.6 Å². The molecule has 0 spiro atoms. The number of halogens is 1. The van der Waals surface area contributed by atoms with Gasteiger partial charge in [0.05, 0.1) is 17.4 Å². The Balaban J connectivity index is 2.54. The molecular formula is C10H17ClN4. The zero-order valence-corrected chi connectivity index (χ0v) is 9.83. The van der Waals surface area contributed by atoms with E-state index in [9.17, 15) is 0 Å². The first kappa shape index (κ1) is 12.2. The van der Waals surface area contributed by atoms with Gasteiger partial charge in [0, 0.05) is 12.6 Å². The van der Waals surface area contributed by atoms with E-state index >= 15 is 0 Å². The third-order valence-electron chi connectivity index (χ3n) is 1.99. The minimum Gasteiger partial charge on any atom is -0.350 e. The number of nitrogens with two attached hydrogens (primary N) is 1. The van der Waals surface area contributed by atoms with Crippen molar-refractivity contribution in [2.24, 2.45) is 11.7 Å². The molecule has 0 saturated carbocycles. The maximum Gasteiger partial charge on any atom is 0.222 e. The fraction of sp³-hybridized carbons (Fsp3) is 0.600. The fourth-order valence-corrected chi connectivity index (χ4v) is 1.45. The van der Waals surface area contributed by atoms with Gasteiger partial charge in [0.25, 0.3) is 0 Å². The smallest absolute Gasteiger partial charge is 0.222 e. The zero-order valence-electron chi connectivity index (χ0n) is 9.07. The molecule has 1 aromatic heterocycles. The van der Waals surface area contributed by atoms with Crippen LogP contribution in [0.5, 0.6) is 0 Å². The topological polar surface area (TPSA) is 63.8 Å². The lowest BCUT2D eigenvalue weighted by Gasteiger charge is -2.18. The second-order valence-electron chi connectivity index (χ2n) is 3.93. The van der Waals surface area contributed by atoms with E-state index in [1.165, 1.54) is 0 Å². The minimum absolute atomic E-state index is 0.214. The van der Waals surface area contributed by atoms with E-state index in [1.807, 2.05) is 0 Å². The summed E-state index contributed by atoms with van der Waals surface area (Å²) in [6.45, 7) is 4.89. The first-order chi connectivity index (χ1) is 7.11. The summed E-state index contributed by atoms with van der Waals surface area (Å²) in [7, 11) is 0. The first-order valence-corrected chi connectivity index (χ1v) is 5.43. The molecular weight excluding hydrogens is 212 g/mol. The van der Waals surface area contributed by atoms with Crippen molar-refractivity contribution in [3.63, 3.8) is 0 Å². The number of nitrogens with one attached hydrogen (secondary N) is 1. The molecule has 0 fully saturated rings. The van der Waals surface area contributed by atoms with Crippen LogP contribution in [0.15, 0.2) is 12.4 Å². The van der Waals surface area contributed by atoms with Gasteiger partial charge in [-0.15, -0.1) is 0 Å². The molecule has 5 heteroatoms. The molecule has 1 atom stereocenters. The Hall–Kier alpha value is -0.870. The van der Waals surface area contributed by atoms with Crippen molar-refractivity contribution in [2.45, 2.75) is 26.3 Å². The summed E-state index contributed by atoms with van der Waals surface area (Å²) >= 11 is 5.69. The van der Waals surface area contributed by atoms with Crippen molar-refractivity contribution >= 4 is 17.5 Å². The van der Waals surface area contributed by atoms with Crippen molar-refractivity contribution < 1.29 is 0 Å². The number of hydrogen-bond acceptors (Lipinski definition) is 4. The molecule has 0 radical (unpaired) electrons. The first-order valence-electron chi connectivity index (χ1n) is 5.06. The van der Waals surface area contributed by atoms with Gasteiger partial charge in [-0.3, -0.25) is 0 Å². The lowest BCUT2D eigenvalue weighted by molar-refractivity contribution is 0.520. The van der Waals surface area contributed by atoms with Gasteiger partial charge in [0.2, 0.25) is 5.95 Å². The Morgan fingerprint density at radius 1 is 1.40 bits per heavy atom. The number of hydrogen-bond donors (Lipinski definition) is 2. The van der Waals surface area contributed by atoms with E-state index in [4.69, 9.17) is 17.3 Å². The van der Waals surface area contributed by atoms with Gasteiger partial charge in [-0.2, -0.15) is 0 Å². The molecule has 84 valence electrons. The third-order valence-corrected chi connectivity index (χ3v) is 2.19. The average Bonchev–Trinajstić information content (AvgIpc) is 2.19. The van der Waals surface area contributed by atoms with Gasteiger partial charge < -0.3 is 11.1 Å². The minimum atomic E-state index is 0.214. The van der Waals surface area contributed by atoms with Crippen molar-refractivity contribution in [3.05, 3.63) is 17.4 Å². The summed E-state index contributed by atoms with van der Waals surface area (Å²) in [5.74, 6) is 1.17. The van der Waals surface area contributed by atoms with Crippen LogP contribution in [0.25, 0.3) is 0 Å². The van der Waals surface area contributed by atoms with Crippen molar-refractivity contribution in [1.82, 2.24) is 9.97 Å². The Labute approximate surface area is 95.3 Å². The SMILES string of the molecule is CC(C)CC(CN)Nc1ncc(Cl)cn1. The van der Waals surface area contributed by atoms with Gasteiger partial charge in [0.15, 0.2) is 0 Å². The van der Waals surface area contributed by atoms with Crippen LogP contribution in [0, 0.1) is 5.92 Å². The second kappa shape index (κ2) is 5.88. The highest BCUT2D eigenvalue weighted by atomic mass is 35.5. The molecule has 0 aliphatic rings. The summed E-state index contributed by atoms with van der Waals surface area (Å²) < 4.78 is 0. The summed E-state index contributed by atoms with van der Waals surface area (Å²) in [6.07, 6.45) is 4.14. The molecule has 1 unspecified atom stereocenters. The molecule has 0 bridgehead atoms. The molecule has 0 aromatic carbocycles. The number of nitrogens with zero attached hydrogens (tertiary/aromatic N) is 2. The van der Waals surface area contributed by atoms with Crippen molar-refractivity contribution in [1.29, 1.82) is 0 Å². The average molecular weight is 229 g/mol. The Morgan fingerprint density at radius 2 is 2.00 bits per heavy atom. The second-order valence-corrected chi connectivity index (χ2v) is 4.37. The Kier molecular flexibility index (Phi) is 4.78. The van der Waals surface area contributed by atoms with E-state index in [0.717, 1.165) is 6.42 Å². The van der Waals surface area contributed by atoms with Crippen LogP contribution in [0.4, 0.5) is 5.95 Å². The molecule has 0 amide bonds. The Bertz CT molecular complexity index is 286. The highest BCUT2D eigenvalue weighted by Gasteiger charge is 2.09. The number of rotatable bonds is 5. The largest absolute Gasteiger partial charge is 0.350 e.